The van der Waals surface area contributed by atoms with Crippen LogP contribution in [-0.2, 0) is 4.74 Å². The number of nitrogens with zero attached hydrogens (tertiary/aromatic N) is 4. The number of hydrogen-bond acceptors (Lipinski definition) is 5. The van der Waals surface area contributed by atoms with E-state index >= 15 is 0 Å². The van der Waals surface area contributed by atoms with Crippen LogP contribution in [0.3, 0.4) is 0 Å². The van der Waals surface area contributed by atoms with Gasteiger partial charge in [-0.05, 0) is 26.7 Å². The summed E-state index contributed by atoms with van der Waals surface area (Å²) >= 11 is 6.14. The largest absolute Gasteiger partial charge is 0.378 e. The van der Waals surface area contributed by atoms with E-state index in [1.807, 2.05) is 6.92 Å². The van der Waals surface area contributed by atoms with Crippen molar-refractivity contribution in [3.63, 3.8) is 0 Å². The zero-order valence-electron chi connectivity index (χ0n) is 10.9. The van der Waals surface area contributed by atoms with Gasteiger partial charge in [0.25, 0.3) is 5.78 Å². The molecule has 1 N–H and O–H groups in total. The summed E-state index contributed by atoms with van der Waals surface area (Å²) in [4.78, 5) is 8.27. The predicted octanol–water partition coefficient (Wildman–Crippen LogP) is 2.07. The fourth-order valence-electron chi connectivity index (χ4n) is 2.39. The van der Waals surface area contributed by atoms with Gasteiger partial charge in [-0.3, -0.25) is 0 Å². The van der Waals surface area contributed by atoms with E-state index in [2.05, 4.69) is 27.3 Å². The highest BCUT2D eigenvalue weighted by Gasteiger charge is 2.22. The van der Waals surface area contributed by atoms with Gasteiger partial charge in [-0.25, -0.2) is 0 Å². The normalized spacial score (nSPS) is 23.7. The van der Waals surface area contributed by atoms with Crippen molar-refractivity contribution in [1.82, 2.24) is 19.6 Å². The van der Waals surface area contributed by atoms with E-state index in [9.17, 15) is 0 Å². The number of anilines is 1. The summed E-state index contributed by atoms with van der Waals surface area (Å²) in [6, 6.07) is 0.355. The molecule has 2 aromatic heterocycles. The first-order valence-electron chi connectivity index (χ1n) is 6.39. The van der Waals surface area contributed by atoms with Crippen LogP contribution < -0.4 is 5.32 Å². The van der Waals surface area contributed by atoms with E-state index < -0.39 is 0 Å². The lowest BCUT2D eigenvalue weighted by Crippen LogP contribution is -2.33. The van der Waals surface area contributed by atoms with E-state index in [1.165, 1.54) is 6.33 Å². The Hall–Kier alpha value is -1.40. The number of rotatable bonds is 2. The monoisotopic (exact) mass is 281 g/mol. The quantitative estimate of drug-likeness (QED) is 0.854. The lowest BCUT2D eigenvalue weighted by molar-refractivity contribution is 0.0231. The zero-order chi connectivity index (χ0) is 13.4. The van der Waals surface area contributed by atoms with Gasteiger partial charge >= 0.3 is 0 Å². The molecule has 2 aromatic rings. The Morgan fingerprint density at radius 1 is 1.53 bits per heavy atom. The van der Waals surface area contributed by atoms with Crippen LogP contribution in [0.4, 0.5) is 5.82 Å². The van der Waals surface area contributed by atoms with Gasteiger partial charge in [0, 0.05) is 18.2 Å². The van der Waals surface area contributed by atoms with Crippen LogP contribution in [0, 0.1) is 6.92 Å². The predicted molar refractivity (Wildman–Crippen MR) is 72.6 cm³/mol. The van der Waals surface area contributed by atoms with Gasteiger partial charge in [-0.15, -0.1) is 0 Å². The summed E-state index contributed by atoms with van der Waals surface area (Å²) in [5, 5.41) is 8.16. The van der Waals surface area contributed by atoms with E-state index in [4.69, 9.17) is 16.3 Å². The Balaban J connectivity index is 1.95. The van der Waals surface area contributed by atoms with E-state index in [-0.39, 0.29) is 6.10 Å². The van der Waals surface area contributed by atoms with Gasteiger partial charge in [0.2, 0.25) is 0 Å². The molecule has 3 rings (SSSR count). The highest BCUT2D eigenvalue weighted by molar-refractivity contribution is 6.30. The minimum absolute atomic E-state index is 0.273. The van der Waals surface area contributed by atoms with Crippen molar-refractivity contribution in [3.05, 3.63) is 17.0 Å². The summed E-state index contributed by atoms with van der Waals surface area (Å²) in [6.07, 6.45) is 3.70. The highest BCUT2D eigenvalue weighted by Crippen LogP contribution is 2.25. The van der Waals surface area contributed by atoms with Gasteiger partial charge < -0.3 is 10.1 Å². The molecule has 0 bridgehead atoms. The maximum atomic E-state index is 6.14. The molecule has 1 fully saturated rings. The summed E-state index contributed by atoms with van der Waals surface area (Å²) in [5.74, 6) is 1.38. The Kier molecular flexibility index (Phi) is 3.28. The number of hydrogen-bond donors (Lipinski definition) is 1. The van der Waals surface area contributed by atoms with Crippen molar-refractivity contribution in [3.8, 4) is 0 Å². The summed E-state index contributed by atoms with van der Waals surface area (Å²) < 4.78 is 7.25. The van der Waals surface area contributed by atoms with Gasteiger partial charge in [-0.2, -0.15) is 19.6 Å². The molecule has 2 atom stereocenters. The second-order valence-electron chi connectivity index (χ2n) is 4.90. The first-order valence-corrected chi connectivity index (χ1v) is 6.77. The third-order valence-corrected chi connectivity index (χ3v) is 3.80. The molecule has 0 saturated carbocycles. The molecule has 0 aromatic carbocycles. The van der Waals surface area contributed by atoms with Crippen molar-refractivity contribution in [2.75, 3.05) is 11.9 Å². The maximum absolute atomic E-state index is 6.14. The van der Waals surface area contributed by atoms with Crippen LogP contribution >= 0.6 is 11.6 Å². The molecule has 1 aliphatic rings. The van der Waals surface area contributed by atoms with Crippen LogP contribution in [0.5, 0.6) is 0 Å². The van der Waals surface area contributed by atoms with E-state index in [0.29, 0.717) is 17.0 Å². The molecule has 0 spiro atoms. The smallest absolute Gasteiger partial charge is 0.255 e. The van der Waals surface area contributed by atoms with Gasteiger partial charge in [0.15, 0.2) is 0 Å². The minimum atomic E-state index is 0.273. The molecular weight excluding hydrogens is 266 g/mol. The third kappa shape index (κ3) is 2.37. The summed E-state index contributed by atoms with van der Waals surface area (Å²) in [6.45, 7) is 4.80. The molecular formula is C12H16ClN5O. The lowest BCUT2D eigenvalue weighted by atomic mass is 10.0. The second-order valence-corrected chi connectivity index (χ2v) is 5.25. The number of aromatic nitrogens is 4. The Bertz CT molecular complexity index is 599. The molecule has 1 aliphatic heterocycles. The molecule has 19 heavy (non-hydrogen) atoms. The first-order chi connectivity index (χ1) is 9.15. The van der Waals surface area contributed by atoms with Crippen molar-refractivity contribution in [1.29, 1.82) is 0 Å². The number of ether oxygens (including phenoxy) is 1. The van der Waals surface area contributed by atoms with Crippen LogP contribution in [0.25, 0.3) is 5.78 Å². The highest BCUT2D eigenvalue weighted by atomic mass is 35.5. The number of halogens is 1. The van der Waals surface area contributed by atoms with Crippen molar-refractivity contribution in [2.45, 2.75) is 38.8 Å². The molecule has 0 radical (unpaired) electrons. The molecule has 2 unspecified atom stereocenters. The summed E-state index contributed by atoms with van der Waals surface area (Å²) in [5.41, 5.74) is 0.888. The minimum Gasteiger partial charge on any atom is -0.378 e. The lowest BCUT2D eigenvalue weighted by Gasteiger charge is -2.29. The average Bonchev–Trinajstić information content (AvgIpc) is 2.83. The van der Waals surface area contributed by atoms with Crippen LogP contribution in [-0.4, -0.2) is 38.3 Å². The molecule has 6 nitrogen and oxygen atoms in total. The second kappa shape index (κ2) is 4.94. The van der Waals surface area contributed by atoms with Crippen molar-refractivity contribution < 1.29 is 4.74 Å². The Morgan fingerprint density at radius 3 is 3.16 bits per heavy atom. The average molecular weight is 282 g/mol. The van der Waals surface area contributed by atoms with Crippen molar-refractivity contribution >= 4 is 23.2 Å². The Morgan fingerprint density at radius 2 is 2.37 bits per heavy atom. The SMILES string of the molecule is Cc1c(Cl)nc2ncnn2c1NC1CCOC(C)C1. The molecule has 0 aliphatic carbocycles. The van der Waals surface area contributed by atoms with Crippen LogP contribution in [0.1, 0.15) is 25.3 Å². The van der Waals surface area contributed by atoms with Crippen LogP contribution in [0.2, 0.25) is 5.15 Å². The Labute approximate surface area is 116 Å². The maximum Gasteiger partial charge on any atom is 0.255 e. The van der Waals surface area contributed by atoms with Crippen LogP contribution in [0.15, 0.2) is 6.33 Å². The molecule has 102 valence electrons. The zero-order valence-corrected chi connectivity index (χ0v) is 11.7. The molecule has 1 saturated heterocycles. The molecule has 0 amide bonds. The standard InChI is InChI=1S/C12H16ClN5O/c1-7-5-9(3-4-19-7)16-11-8(2)10(13)17-12-14-6-15-18(11)12/h6-7,9,16H,3-5H2,1-2H3. The fourth-order valence-corrected chi connectivity index (χ4v) is 2.55. The van der Waals surface area contributed by atoms with Gasteiger partial charge in [0.1, 0.15) is 17.3 Å². The third-order valence-electron chi connectivity index (χ3n) is 3.43. The first kappa shape index (κ1) is 12.6. The van der Waals surface area contributed by atoms with E-state index in [0.717, 1.165) is 30.8 Å². The molecule has 7 heteroatoms. The number of fused-ring (bicyclic) bond motifs is 1. The van der Waals surface area contributed by atoms with Gasteiger partial charge in [0.05, 0.1) is 6.10 Å². The topological polar surface area (TPSA) is 64.3 Å². The van der Waals surface area contributed by atoms with E-state index in [1.54, 1.807) is 4.52 Å². The number of nitrogens with one attached hydrogen (secondary N) is 1. The summed E-state index contributed by atoms with van der Waals surface area (Å²) in [7, 11) is 0. The fraction of sp³-hybridized carbons (Fsp3) is 0.583. The van der Waals surface area contributed by atoms with Crippen molar-refractivity contribution in [2.24, 2.45) is 0 Å². The van der Waals surface area contributed by atoms with Gasteiger partial charge in [-0.1, -0.05) is 11.6 Å². The molecule has 3 heterocycles.